The first-order valence-electron chi connectivity index (χ1n) is 4.99. The van der Waals surface area contributed by atoms with Crippen molar-refractivity contribution in [2.45, 2.75) is 37.6 Å². The van der Waals surface area contributed by atoms with Gasteiger partial charge in [0.2, 0.25) is 5.91 Å². The topological polar surface area (TPSA) is 40.5 Å². The Morgan fingerprint density at radius 2 is 2.14 bits per heavy atom. The number of amides is 1. The Morgan fingerprint density at radius 3 is 2.50 bits per heavy atom. The molecule has 14 heavy (non-hydrogen) atoms. The molecule has 0 bridgehead atoms. The lowest BCUT2D eigenvalue weighted by Crippen LogP contribution is -2.39. The number of β-amino-alcohol motifs (C(OH)–C–C–N with tert-alkyl or cyclic N) is 1. The second kappa shape index (κ2) is 4.19. The van der Waals surface area contributed by atoms with Crippen LogP contribution in [0.4, 0.5) is 0 Å². The summed E-state index contributed by atoms with van der Waals surface area (Å²) in [5, 5.41) is 9.72. The van der Waals surface area contributed by atoms with E-state index in [0.717, 1.165) is 0 Å². The van der Waals surface area contributed by atoms with Gasteiger partial charge >= 0.3 is 0 Å². The number of halogens is 1. The van der Waals surface area contributed by atoms with Crippen LogP contribution in [0.25, 0.3) is 0 Å². The number of hydrogen-bond donors (Lipinski definition) is 1. The molecule has 3 nitrogen and oxygen atoms in total. The van der Waals surface area contributed by atoms with Gasteiger partial charge in [-0.3, -0.25) is 4.79 Å². The van der Waals surface area contributed by atoms with E-state index >= 15 is 0 Å². The molecule has 0 radical (unpaired) electrons. The minimum absolute atomic E-state index is 0.0952. The van der Waals surface area contributed by atoms with Crippen molar-refractivity contribution < 1.29 is 9.90 Å². The van der Waals surface area contributed by atoms with Gasteiger partial charge in [0.15, 0.2) is 0 Å². The van der Waals surface area contributed by atoms with Crippen LogP contribution >= 0.6 is 15.9 Å². The Kier molecular flexibility index (Phi) is 3.58. The van der Waals surface area contributed by atoms with Gasteiger partial charge in [-0.25, -0.2) is 0 Å². The van der Waals surface area contributed by atoms with E-state index in [1.807, 2.05) is 13.8 Å². The molecular formula is C10H18BrNO2. The summed E-state index contributed by atoms with van der Waals surface area (Å²) in [5.74, 6) is 0.380. The highest BCUT2D eigenvalue weighted by Gasteiger charge is 2.36. The summed E-state index contributed by atoms with van der Waals surface area (Å²) >= 11 is 3.38. The molecule has 0 aromatic carbocycles. The van der Waals surface area contributed by atoms with E-state index in [2.05, 4.69) is 15.9 Å². The van der Waals surface area contributed by atoms with Crippen molar-refractivity contribution >= 4 is 21.8 Å². The van der Waals surface area contributed by atoms with Gasteiger partial charge in [-0.1, -0.05) is 29.8 Å². The number of aliphatic hydroxyl groups is 1. The van der Waals surface area contributed by atoms with Gasteiger partial charge in [-0.05, 0) is 19.3 Å². The van der Waals surface area contributed by atoms with E-state index in [1.165, 1.54) is 0 Å². The zero-order valence-electron chi connectivity index (χ0n) is 8.96. The van der Waals surface area contributed by atoms with Gasteiger partial charge in [0.05, 0.1) is 10.4 Å². The summed E-state index contributed by atoms with van der Waals surface area (Å²) in [6.07, 6.45) is 0.677. The van der Waals surface area contributed by atoms with Gasteiger partial charge < -0.3 is 10.0 Å². The van der Waals surface area contributed by atoms with Gasteiger partial charge in [-0.15, -0.1) is 0 Å². The highest BCUT2D eigenvalue weighted by molar-refractivity contribution is 9.10. The van der Waals surface area contributed by atoms with E-state index in [1.54, 1.807) is 11.8 Å². The van der Waals surface area contributed by atoms with Crippen molar-refractivity contribution in [3.05, 3.63) is 0 Å². The molecule has 1 aliphatic rings. The number of nitrogens with zero attached hydrogens (tertiary/aromatic N) is 1. The average molecular weight is 264 g/mol. The summed E-state index contributed by atoms with van der Waals surface area (Å²) < 4.78 is 0. The van der Waals surface area contributed by atoms with Crippen LogP contribution in [0.3, 0.4) is 0 Å². The Hall–Kier alpha value is -0.0900. The third-order valence-corrected chi connectivity index (χ3v) is 4.03. The Labute approximate surface area is 93.6 Å². The maximum atomic E-state index is 11.8. The predicted octanol–water partition coefficient (Wildman–Crippen LogP) is 1.39. The summed E-state index contributed by atoms with van der Waals surface area (Å²) in [7, 11) is 0. The molecule has 1 N–H and O–H groups in total. The van der Waals surface area contributed by atoms with E-state index < -0.39 is 5.60 Å². The molecule has 1 saturated heterocycles. The molecule has 2 atom stereocenters. The van der Waals surface area contributed by atoms with Crippen LogP contribution in [-0.4, -0.2) is 39.4 Å². The smallest absolute Gasteiger partial charge is 0.236 e. The molecule has 1 rings (SSSR count). The van der Waals surface area contributed by atoms with E-state index in [-0.39, 0.29) is 16.7 Å². The van der Waals surface area contributed by atoms with Crippen LogP contribution in [0.2, 0.25) is 0 Å². The van der Waals surface area contributed by atoms with Crippen LogP contribution in [0, 0.1) is 5.92 Å². The van der Waals surface area contributed by atoms with Crippen molar-refractivity contribution in [2.24, 2.45) is 5.92 Å². The molecule has 1 aliphatic heterocycles. The highest BCUT2D eigenvalue weighted by atomic mass is 79.9. The molecule has 0 aromatic heterocycles. The van der Waals surface area contributed by atoms with Gasteiger partial charge in [0, 0.05) is 13.1 Å². The van der Waals surface area contributed by atoms with Crippen LogP contribution in [0.15, 0.2) is 0 Å². The quantitative estimate of drug-likeness (QED) is 0.766. The normalized spacial score (nSPS) is 29.7. The summed E-state index contributed by atoms with van der Waals surface area (Å²) in [6, 6.07) is 0. The predicted molar refractivity (Wildman–Crippen MR) is 59.4 cm³/mol. The molecule has 0 aromatic rings. The maximum Gasteiger partial charge on any atom is 0.236 e. The monoisotopic (exact) mass is 263 g/mol. The molecule has 2 unspecified atom stereocenters. The minimum atomic E-state index is -0.695. The lowest BCUT2D eigenvalue weighted by Gasteiger charge is -2.23. The fraction of sp³-hybridized carbons (Fsp3) is 0.900. The van der Waals surface area contributed by atoms with Crippen LogP contribution in [0.5, 0.6) is 0 Å². The first-order chi connectivity index (χ1) is 6.33. The molecule has 1 amide bonds. The fourth-order valence-corrected chi connectivity index (χ4v) is 1.88. The third-order valence-electron chi connectivity index (χ3n) is 2.58. The van der Waals surface area contributed by atoms with E-state index in [4.69, 9.17) is 0 Å². The average Bonchev–Trinajstić information content (AvgIpc) is 2.43. The molecular weight excluding hydrogens is 246 g/mol. The summed E-state index contributed by atoms with van der Waals surface area (Å²) in [6.45, 7) is 6.91. The van der Waals surface area contributed by atoms with Crippen LogP contribution in [-0.2, 0) is 4.79 Å². The van der Waals surface area contributed by atoms with Crippen LogP contribution in [0.1, 0.15) is 27.2 Å². The van der Waals surface area contributed by atoms with Gasteiger partial charge in [0.25, 0.3) is 0 Å². The number of hydrogen-bond acceptors (Lipinski definition) is 2. The Balaban J connectivity index is 2.56. The van der Waals surface area contributed by atoms with Crippen molar-refractivity contribution in [1.29, 1.82) is 0 Å². The summed E-state index contributed by atoms with van der Waals surface area (Å²) in [4.78, 5) is 13.4. The standard InChI is InChI=1S/C10H18BrNO2/c1-7(2)8(11)9(13)12-5-4-10(3,14)6-12/h7-8,14H,4-6H2,1-3H3. The van der Waals surface area contributed by atoms with Crippen LogP contribution < -0.4 is 0 Å². The first-order valence-corrected chi connectivity index (χ1v) is 5.90. The fourth-order valence-electron chi connectivity index (χ4n) is 1.59. The van der Waals surface area contributed by atoms with Crippen molar-refractivity contribution in [2.75, 3.05) is 13.1 Å². The highest BCUT2D eigenvalue weighted by Crippen LogP contribution is 2.24. The van der Waals surface area contributed by atoms with Crippen molar-refractivity contribution in [1.82, 2.24) is 4.90 Å². The zero-order chi connectivity index (χ0) is 10.9. The number of likely N-dealkylation sites (tertiary alicyclic amines) is 1. The molecule has 4 heteroatoms. The van der Waals surface area contributed by atoms with Crippen molar-refractivity contribution in [3.63, 3.8) is 0 Å². The zero-order valence-corrected chi connectivity index (χ0v) is 10.5. The molecule has 1 heterocycles. The molecule has 0 spiro atoms. The Bertz CT molecular complexity index is 228. The van der Waals surface area contributed by atoms with E-state index in [9.17, 15) is 9.90 Å². The SMILES string of the molecule is CC(C)C(Br)C(=O)N1CCC(C)(O)C1. The first kappa shape index (κ1) is 12.0. The molecule has 0 saturated carbocycles. The Morgan fingerprint density at radius 1 is 1.57 bits per heavy atom. The molecule has 0 aliphatic carbocycles. The largest absolute Gasteiger partial charge is 0.388 e. The number of alkyl halides is 1. The second-order valence-corrected chi connectivity index (χ2v) is 5.64. The minimum Gasteiger partial charge on any atom is -0.388 e. The number of carbonyl (C=O) groups excluding carboxylic acids is 1. The third kappa shape index (κ3) is 2.70. The van der Waals surface area contributed by atoms with Crippen molar-refractivity contribution in [3.8, 4) is 0 Å². The number of rotatable bonds is 2. The lowest BCUT2D eigenvalue weighted by molar-refractivity contribution is -0.131. The summed E-state index contributed by atoms with van der Waals surface area (Å²) in [5.41, 5.74) is -0.695. The lowest BCUT2D eigenvalue weighted by atomic mass is 10.1. The number of carbonyl (C=O) groups is 1. The molecule has 1 fully saturated rings. The van der Waals surface area contributed by atoms with E-state index in [0.29, 0.717) is 19.5 Å². The maximum absolute atomic E-state index is 11.8. The van der Waals surface area contributed by atoms with Gasteiger partial charge in [-0.2, -0.15) is 0 Å². The second-order valence-electron chi connectivity index (χ2n) is 4.65. The molecule has 82 valence electrons. The van der Waals surface area contributed by atoms with Gasteiger partial charge in [0.1, 0.15) is 0 Å².